The molecule has 110 valence electrons. The molecule has 1 aromatic heterocycles. The minimum Gasteiger partial charge on any atom is -0.493 e. The van der Waals surface area contributed by atoms with Crippen LogP contribution < -0.4 is 9.47 Å². The van der Waals surface area contributed by atoms with Crippen LogP contribution in [0.5, 0.6) is 11.5 Å². The Morgan fingerprint density at radius 1 is 1.52 bits per heavy atom. The Morgan fingerprint density at radius 2 is 2.33 bits per heavy atom. The number of carbonyl (C=O) groups is 1. The fourth-order valence-corrected chi connectivity index (χ4v) is 3.32. The van der Waals surface area contributed by atoms with E-state index in [2.05, 4.69) is 11.9 Å². The van der Waals surface area contributed by atoms with Gasteiger partial charge in [0.1, 0.15) is 28.3 Å². The predicted octanol–water partition coefficient (Wildman–Crippen LogP) is 3.73. The first-order chi connectivity index (χ1) is 10.1. The molecule has 5 heteroatoms. The number of aromatic nitrogens is 1. The van der Waals surface area contributed by atoms with Crippen molar-refractivity contribution in [1.29, 1.82) is 0 Å². The largest absolute Gasteiger partial charge is 0.493 e. The Kier molecular flexibility index (Phi) is 3.68. The lowest BCUT2D eigenvalue weighted by atomic mass is 10.1. The molecule has 0 fully saturated rings. The number of hydrogen-bond acceptors (Lipinski definition) is 5. The summed E-state index contributed by atoms with van der Waals surface area (Å²) in [6.07, 6.45) is 1.08. The SMILES string of the molecule is CCOc1cc2c(cc1-c1nc(C(C)=O)cs1)OC(C)C2. The maximum absolute atomic E-state index is 11.4. The van der Waals surface area contributed by atoms with E-state index in [1.807, 2.05) is 19.1 Å². The lowest BCUT2D eigenvalue weighted by molar-refractivity contribution is 0.101. The van der Waals surface area contributed by atoms with Gasteiger partial charge >= 0.3 is 0 Å². The zero-order chi connectivity index (χ0) is 15.0. The molecule has 1 aromatic carbocycles. The summed E-state index contributed by atoms with van der Waals surface area (Å²) in [7, 11) is 0. The van der Waals surface area contributed by atoms with Crippen molar-refractivity contribution in [2.24, 2.45) is 0 Å². The van der Waals surface area contributed by atoms with E-state index in [-0.39, 0.29) is 11.9 Å². The number of ether oxygens (including phenoxy) is 2. The average Bonchev–Trinajstić information content (AvgIpc) is 3.03. The van der Waals surface area contributed by atoms with Crippen LogP contribution in [0, 0.1) is 0 Å². The van der Waals surface area contributed by atoms with Gasteiger partial charge in [-0.05, 0) is 26.0 Å². The van der Waals surface area contributed by atoms with Crippen molar-refractivity contribution in [2.75, 3.05) is 6.61 Å². The van der Waals surface area contributed by atoms with E-state index in [1.54, 1.807) is 5.38 Å². The van der Waals surface area contributed by atoms with Crippen molar-refractivity contribution in [2.45, 2.75) is 33.3 Å². The van der Waals surface area contributed by atoms with Gasteiger partial charge in [0.2, 0.25) is 0 Å². The van der Waals surface area contributed by atoms with Crippen LogP contribution in [0.3, 0.4) is 0 Å². The van der Waals surface area contributed by atoms with E-state index in [1.165, 1.54) is 18.3 Å². The molecule has 1 aliphatic heterocycles. The van der Waals surface area contributed by atoms with Gasteiger partial charge in [0, 0.05) is 24.3 Å². The topological polar surface area (TPSA) is 48.4 Å². The van der Waals surface area contributed by atoms with Crippen molar-refractivity contribution in [3.8, 4) is 22.1 Å². The van der Waals surface area contributed by atoms with Crippen molar-refractivity contribution in [1.82, 2.24) is 4.98 Å². The monoisotopic (exact) mass is 303 g/mol. The minimum atomic E-state index is -0.0264. The predicted molar refractivity (Wildman–Crippen MR) is 82.5 cm³/mol. The van der Waals surface area contributed by atoms with Gasteiger partial charge in [-0.25, -0.2) is 4.98 Å². The van der Waals surface area contributed by atoms with Crippen LogP contribution in [0.2, 0.25) is 0 Å². The van der Waals surface area contributed by atoms with Crippen molar-refractivity contribution < 1.29 is 14.3 Å². The zero-order valence-electron chi connectivity index (χ0n) is 12.3. The van der Waals surface area contributed by atoms with Gasteiger partial charge in [0.25, 0.3) is 0 Å². The van der Waals surface area contributed by atoms with Gasteiger partial charge in [0.05, 0.1) is 12.2 Å². The molecule has 2 aromatic rings. The fourth-order valence-electron chi connectivity index (χ4n) is 2.44. The van der Waals surface area contributed by atoms with E-state index in [0.717, 1.165) is 34.1 Å². The summed E-state index contributed by atoms with van der Waals surface area (Å²) in [6, 6.07) is 4.01. The van der Waals surface area contributed by atoms with Gasteiger partial charge in [-0.15, -0.1) is 11.3 Å². The maximum Gasteiger partial charge on any atom is 0.178 e. The quantitative estimate of drug-likeness (QED) is 0.807. The highest BCUT2D eigenvalue weighted by Gasteiger charge is 2.23. The second-order valence-corrected chi connectivity index (χ2v) is 5.97. The standard InChI is InChI=1S/C16H17NO3S/c1-4-19-15-6-11-5-9(2)20-14(11)7-12(15)16-17-13(8-21-16)10(3)18/h6-9H,4-5H2,1-3H3. The second-order valence-electron chi connectivity index (χ2n) is 5.12. The smallest absolute Gasteiger partial charge is 0.178 e. The highest BCUT2D eigenvalue weighted by atomic mass is 32.1. The molecule has 1 unspecified atom stereocenters. The zero-order valence-corrected chi connectivity index (χ0v) is 13.1. The highest BCUT2D eigenvalue weighted by Crippen LogP contribution is 2.41. The first-order valence-corrected chi connectivity index (χ1v) is 7.89. The molecule has 1 aliphatic rings. The van der Waals surface area contributed by atoms with Gasteiger partial charge in [0.15, 0.2) is 5.78 Å². The number of hydrogen-bond donors (Lipinski definition) is 0. The normalized spacial score (nSPS) is 16.4. The van der Waals surface area contributed by atoms with Crippen LogP contribution in [-0.4, -0.2) is 23.5 Å². The van der Waals surface area contributed by atoms with Crippen molar-refractivity contribution in [3.63, 3.8) is 0 Å². The van der Waals surface area contributed by atoms with Crippen LogP contribution in [0.4, 0.5) is 0 Å². The molecule has 0 aliphatic carbocycles. The molecule has 0 bridgehead atoms. The fraction of sp³-hybridized carbons (Fsp3) is 0.375. The molecule has 0 saturated carbocycles. The number of rotatable bonds is 4. The molecule has 1 atom stereocenters. The lowest BCUT2D eigenvalue weighted by Gasteiger charge is -2.10. The Balaban J connectivity index is 2.07. The Hall–Kier alpha value is -1.88. The number of nitrogens with zero attached hydrogens (tertiary/aromatic N) is 1. The molecule has 21 heavy (non-hydrogen) atoms. The van der Waals surface area contributed by atoms with Crippen LogP contribution in [0.25, 0.3) is 10.6 Å². The molecular weight excluding hydrogens is 286 g/mol. The third-order valence-corrected chi connectivity index (χ3v) is 4.27. The lowest BCUT2D eigenvalue weighted by Crippen LogP contribution is -2.05. The number of fused-ring (bicyclic) bond motifs is 1. The van der Waals surface area contributed by atoms with Gasteiger partial charge in [-0.3, -0.25) is 4.79 Å². The van der Waals surface area contributed by atoms with E-state index in [0.29, 0.717) is 12.3 Å². The molecular formula is C16H17NO3S. The van der Waals surface area contributed by atoms with Crippen LogP contribution >= 0.6 is 11.3 Å². The van der Waals surface area contributed by atoms with E-state index in [9.17, 15) is 4.79 Å². The molecule has 0 saturated heterocycles. The molecule has 0 spiro atoms. The van der Waals surface area contributed by atoms with Crippen molar-refractivity contribution in [3.05, 3.63) is 28.8 Å². The number of thiazole rings is 1. The summed E-state index contributed by atoms with van der Waals surface area (Å²) >= 11 is 1.45. The summed E-state index contributed by atoms with van der Waals surface area (Å²) in [5, 5.41) is 2.57. The number of Topliss-reactive ketones (excluding diaryl/α,β-unsaturated/α-hetero) is 1. The van der Waals surface area contributed by atoms with E-state index < -0.39 is 0 Å². The summed E-state index contributed by atoms with van der Waals surface area (Å²) in [6.45, 7) is 6.12. The first kappa shape index (κ1) is 14.1. The third-order valence-electron chi connectivity index (χ3n) is 3.39. The number of ketones is 1. The molecule has 0 amide bonds. The average molecular weight is 303 g/mol. The Labute approximate surface area is 127 Å². The molecule has 0 N–H and O–H groups in total. The van der Waals surface area contributed by atoms with Crippen molar-refractivity contribution >= 4 is 17.1 Å². The Morgan fingerprint density at radius 3 is 3.00 bits per heavy atom. The highest BCUT2D eigenvalue weighted by molar-refractivity contribution is 7.13. The first-order valence-electron chi connectivity index (χ1n) is 7.01. The second kappa shape index (κ2) is 5.48. The molecule has 4 nitrogen and oxygen atoms in total. The van der Waals surface area contributed by atoms with Crippen LogP contribution in [0.1, 0.15) is 36.8 Å². The summed E-state index contributed by atoms with van der Waals surface area (Å²) < 4.78 is 11.6. The summed E-state index contributed by atoms with van der Waals surface area (Å²) in [4.78, 5) is 15.8. The molecule has 3 rings (SSSR count). The van der Waals surface area contributed by atoms with Crippen LogP contribution in [-0.2, 0) is 6.42 Å². The number of benzene rings is 1. The third kappa shape index (κ3) is 2.65. The Bertz CT molecular complexity index is 693. The minimum absolute atomic E-state index is 0.0264. The van der Waals surface area contributed by atoms with Crippen LogP contribution in [0.15, 0.2) is 17.5 Å². The van der Waals surface area contributed by atoms with Gasteiger partial charge in [-0.1, -0.05) is 0 Å². The van der Waals surface area contributed by atoms with E-state index in [4.69, 9.17) is 9.47 Å². The summed E-state index contributed by atoms with van der Waals surface area (Å²) in [5.74, 6) is 1.67. The van der Waals surface area contributed by atoms with Gasteiger partial charge in [-0.2, -0.15) is 0 Å². The molecule has 2 heterocycles. The maximum atomic E-state index is 11.4. The number of carbonyl (C=O) groups excluding carboxylic acids is 1. The molecule has 0 radical (unpaired) electrons. The van der Waals surface area contributed by atoms with E-state index >= 15 is 0 Å². The summed E-state index contributed by atoms with van der Waals surface area (Å²) in [5.41, 5.74) is 2.55. The van der Waals surface area contributed by atoms with Gasteiger partial charge < -0.3 is 9.47 Å².